The van der Waals surface area contributed by atoms with E-state index >= 15 is 0 Å². The fourth-order valence-corrected chi connectivity index (χ4v) is 5.13. The van der Waals surface area contributed by atoms with Crippen molar-refractivity contribution in [3.8, 4) is 6.07 Å². The quantitative estimate of drug-likeness (QED) is 0.479. The maximum atomic E-state index is 13.4. The van der Waals surface area contributed by atoms with E-state index in [4.69, 9.17) is 27.9 Å². The number of carbonyl (C=O) groups is 1. The van der Waals surface area contributed by atoms with Gasteiger partial charge >= 0.3 is 5.97 Å². The van der Waals surface area contributed by atoms with Gasteiger partial charge < -0.3 is 4.74 Å². The Morgan fingerprint density at radius 2 is 1.70 bits per heavy atom. The minimum absolute atomic E-state index is 0.135. The summed E-state index contributed by atoms with van der Waals surface area (Å²) >= 11 is 12.5. The number of rotatable bonds is 4. The Kier molecular flexibility index (Phi) is 7.20. The van der Waals surface area contributed by atoms with Crippen molar-refractivity contribution in [2.45, 2.75) is 71.1 Å². The predicted molar refractivity (Wildman–Crippen MR) is 133 cm³/mol. The number of nitrogens with one attached hydrogen (secondary N) is 1. The molecule has 2 aromatic carbocycles. The van der Waals surface area contributed by atoms with Gasteiger partial charge in [-0.2, -0.15) is 5.26 Å². The predicted octanol–water partition coefficient (Wildman–Crippen LogP) is 6.86. The maximum absolute atomic E-state index is 13.4. The van der Waals surface area contributed by atoms with Gasteiger partial charge in [0.15, 0.2) is 0 Å². The molecule has 0 amide bonds. The molecule has 0 aliphatic carbocycles. The highest BCUT2D eigenvalue weighted by molar-refractivity contribution is 6.30. The third-order valence-electron chi connectivity index (χ3n) is 5.97. The standard InChI is InChI=1S/C27H32Cl2N2O2/c1-25(2,3)15-21-22(24(32)33-26(4,5)6)31-23(17-8-7-9-20(29)14-17)27(21,16-30)18-10-12-19(28)13-11-18/h7-14,21-23,31H,15H2,1-6H3/t21-,22+,23-,27+/m0/s1. The monoisotopic (exact) mass is 486 g/mol. The van der Waals surface area contributed by atoms with Crippen molar-refractivity contribution in [2.24, 2.45) is 11.3 Å². The first kappa shape index (κ1) is 25.6. The summed E-state index contributed by atoms with van der Waals surface area (Å²) in [5, 5.41) is 15.5. The van der Waals surface area contributed by atoms with Gasteiger partial charge in [0.1, 0.15) is 17.1 Å². The molecule has 33 heavy (non-hydrogen) atoms. The first-order valence-corrected chi connectivity index (χ1v) is 11.9. The van der Waals surface area contributed by atoms with Crippen molar-refractivity contribution in [2.75, 3.05) is 0 Å². The van der Waals surface area contributed by atoms with Crippen LogP contribution in [0.1, 0.15) is 65.1 Å². The summed E-state index contributed by atoms with van der Waals surface area (Å²) < 4.78 is 5.81. The molecule has 0 unspecified atom stereocenters. The normalized spacial score (nSPS) is 25.5. The van der Waals surface area contributed by atoms with Gasteiger partial charge in [-0.25, -0.2) is 0 Å². The molecule has 0 spiro atoms. The van der Waals surface area contributed by atoms with Gasteiger partial charge in [0.05, 0.1) is 12.1 Å². The average molecular weight is 487 g/mol. The zero-order chi connectivity index (χ0) is 24.6. The molecule has 2 aromatic rings. The summed E-state index contributed by atoms with van der Waals surface area (Å²) in [6.07, 6.45) is 0.636. The first-order chi connectivity index (χ1) is 15.3. The zero-order valence-corrected chi connectivity index (χ0v) is 21.6. The molecule has 1 N–H and O–H groups in total. The minimum atomic E-state index is -1.04. The van der Waals surface area contributed by atoms with Crippen molar-refractivity contribution in [3.63, 3.8) is 0 Å². The van der Waals surface area contributed by atoms with Crippen molar-refractivity contribution >= 4 is 29.2 Å². The lowest BCUT2D eigenvalue weighted by Crippen LogP contribution is -2.44. The third-order valence-corrected chi connectivity index (χ3v) is 6.46. The van der Waals surface area contributed by atoms with Crippen molar-refractivity contribution in [1.82, 2.24) is 5.32 Å². The number of ether oxygens (including phenoxy) is 1. The molecule has 0 radical (unpaired) electrons. The molecule has 176 valence electrons. The van der Waals surface area contributed by atoms with E-state index in [-0.39, 0.29) is 17.3 Å². The highest BCUT2D eigenvalue weighted by Gasteiger charge is 2.60. The summed E-state index contributed by atoms with van der Waals surface area (Å²) in [5.74, 6) is -0.697. The molecular weight excluding hydrogens is 455 g/mol. The fraction of sp³-hybridized carbons (Fsp3) is 0.481. The second-order valence-corrected chi connectivity index (χ2v) is 11.9. The fourth-order valence-electron chi connectivity index (χ4n) is 4.80. The molecule has 4 atom stereocenters. The van der Waals surface area contributed by atoms with Crippen LogP contribution in [0.3, 0.4) is 0 Å². The molecule has 3 rings (SSSR count). The highest BCUT2D eigenvalue weighted by atomic mass is 35.5. The average Bonchev–Trinajstić information content (AvgIpc) is 3.01. The van der Waals surface area contributed by atoms with Crippen LogP contribution in [-0.2, 0) is 14.9 Å². The van der Waals surface area contributed by atoms with E-state index in [2.05, 4.69) is 32.2 Å². The van der Waals surface area contributed by atoms with Gasteiger partial charge in [-0.3, -0.25) is 10.1 Å². The van der Waals surface area contributed by atoms with E-state index < -0.39 is 23.1 Å². The van der Waals surface area contributed by atoms with Crippen molar-refractivity contribution in [3.05, 3.63) is 69.7 Å². The number of benzene rings is 2. The Morgan fingerprint density at radius 1 is 1.06 bits per heavy atom. The largest absolute Gasteiger partial charge is 0.459 e. The summed E-state index contributed by atoms with van der Waals surface area (Å²) in [5.41, 5.74) is -0.153. The topological polar surface area (TPSA) is 62.1 Å². The number of hydrogen-bond acceptors (Lipinski definition) is 4. The van der Waals surface area contributed by atoms with E-state index in [1.807, 2.05) is 51.1 Å². The minimum Gasteiger partial charge on any atom is -0.459 e. The van der Waals surface area contributed by atoms with Crippen LogP contribution in [0.25, 0.3) is 0 Å². The molecule has 0 saturated carbocycles. The number of hydrogen-bond donors (Lipinski definition) is 1. The van der Waals surface area contributed by atoms with E-state index in [1.54, 1.807) is 18.2 Å². The molecule has 1 saturated heterocycles. The molecular formula is C27H32Cl2N2O2. The molecule has 1 fully saturated rings. The summed E-state index contributed by atoms with van der Waals surface area (Å²) in [4.78, 5) is 13.4. The number of carbonyl (C=O) groups excluding carboxylic acids is 1. The van der Waals surface area contributed by atoms with Crippen LogP contribution in [0.4, 0.5) is 0 Å². The van der Waals surface area contributed by atoms with Crippen molar-refractivity contribution < 1.29 is 9.53 Å². The van der Waals surface area contributed by atoms with Crippen LogP contribution in [0.2, 0.25) is 10.0 Å². The van der Waals surface area contributed by atoms with Crippen LogP contribution < -0.4 is 5.32 Å². The molecule has 1 aliphatic heterocycles. The number of halogens is 2. The van der Waals surface area contributed by atoms with Gasteiger partial charge in [-0.1, -0.05) is 68.2 Å². The number of nitriles is 1. The van der Waals surface area contributed by atoms with Crippen LogP contribution >= 0.6 is 23.2 Å². The van der Waals surface area contributed by atoms with Crippen LogP contribution in [0.15, 0.2) is 48.5 Å². The lowest BCUT2D eigenvalue weighted by atomic mass is 9.62. The van der Waals surface area contributed by atoms with E-state index in [9.17, 15) is 10.1 Å². The van der Waals surface area contributed by atoms with Gasteiger partial charge in [0.2, 0.25) is 0 Å². The molecule has 0 aromatic heterocycles. The Hall–Kier alpha value is -2.06. The lowest BCUT2D eigenvalue weighted by molar-refractivity contribution is -0.158. The number of nitrogens with zero attached hydrogens (tertiary/aromatic N) is 1. The van der Waals surface area contributed by atoms with Gasteiger partial charge in [-0.05, 0) is 68.0 Å². The van der Waals surface area contributed by atoms with Gasteiger partial charge in [0, 0.05) is 16.0 Å². The maximum Gasteiger partial charge on any atom is 0.324 e. The van der Waals surface area contributed by atoms with Crippen LogP contribution in [-0.4, -0.2) is 17.6 Å². The molecule has 4 nitrogen and oxygen atoms in total. The summed E-state index contributed by atoms with van der Waals surface area (Å²) in [6.45, 7) is 11.9. The lowest BCUT2D eigenvalue weighted by Gasteiger charge is -2.38. The summed E-state index contributed by atoms with van der Waals surface area (Å²) in [6, 6.07) is 16.3. The second kappa shape index (κ2) is 9.29. The van der Waals surface area contributed by atoms with Gasteiger partial charge in [-0.15, -0.1) is 0 Å². The summed E-state index contributed by atoms with van der Waals surface area (Å²) in [7, 11) is 0. The Bertz CT molecular complexity index is 1050. The molecule has 6 heteroatoms. The first-order valence-electron chi connectivity index (χ1n) is 11.2. The zero-order valence-electron chi connectivity index (χ0n) is 20.1. The van der Waals surface area contributed by atoms with Crippen molar-refractivity contribution in [1.29, 1.82) is 5.26 Å². The Morgan fingerprint density at radius 3 is 2.21 bits per heavy atom. The number of esters is 1. The Balaban J connectivity index is 2.25. The van der Waals surface area contributed by atoms with E-state index in [1.165, 1.54) is 0 Å². The SMILES string of the molecule is CC(C)(C)C[C@H]1[C@H](C(=O)OC(C)(C)C)N[C@@H](c2cccc(Cl)c2)[C@]1(C#N)c1ccc(Cl)cc1. The third kappa shape index (κ3) is 5.54. The Labute approximate surface area is 207 Å². The molecule has 1 heterocycles. The van der Waals surface area contributed by atoms with Crippen LogP contribution in [0.5, 0.6) is 0 Å². The highest BCUT2D eigenvalue weighted by Crippen LogP contribution is 2.53. The van der Waals surface area contributed by atoms with Crippen LogP contribution in [0, 0.1) is 22.7 Å². The second-order valence-electron chi connectivity index (χ2n) is 11.0. The van der Waals surface area contributed by atoms with E-state index in [0.717, 1.165) is 11.1 Å². The van der Waals surface area contributed by atoms with E-state index in [0.29, 0.717) is 16.5 Å². The molecule has 1 aliphatic rings. The van der Waals surface area contributed by atoms with Gasteiger partial charge in [0.25, 0.3) is 0 Å². The molecule has 0 bridgehead atoms. The smallest absolute Gasteiger partial charge is 0.324 e.